The summed E-state index contributed by atoms with van der Waals surface area (Å²) in [6.07, 6.45) is -0.979. The topological polar surface area (TPSA) is 121 Å². The summed E-state index contributed by atoms with van der Waals surface area (Å²) >= 11 is 0. The SMILES string of the molecule is CC(C)(C)OC(=O)N[C@@H](CCCCNC(=O)OCc1ccccc1)C(O)C#N. The summed E-state index contributed by atoms with van der Waals surface area (Å²) in [6.45, 7) is 5.76. The van der Waals surface area contributed by atoms with Crippen LogP contribution in [0.5, 0.6) is 0 Å². The predicted octanol–water partition coefficient (Wildman–Crippen LogP) is 2.86. The van der Waals surface area contributed by atoms with Gasteiger partial charge in [-0.2, -0.15) is 5.26 Å². The highest BCUT2D eigenvalue weighted by atomic mass is 16.6. The maximum absolute atomic E-state index is 11.8. The molecule has 154 valence electrons. The van der Waals surface area contributed by atoms with Gasteiger partial charge in [-0.25, -0.2) is 9.59 Å². The van der Waals surface area contributed by atoms with Crippen LogP contribution in [0.3, 0.4) is 0 Å². The molecular weight excluding hydrogens is 362 g/mol. The fourth-order valence-corrected chi connectivity index (χ4v) is 2.31. The molecule has 0 bridgehead atoms. The molecule has 0 saturated carbocycles. The van der Waals surface area contributed by atoms with Crippen molar-refractivity contribution >= 4 is 12.2 Å². The molecule has 1 aromatic carbocycles. The van der Waals surface area contributed by atoms with Gasteiger partial charge in [0.2, 0.25) is 0 Å². The summed E-state index contributed by atoms with van der Waals surface area (Å²) in [7, 11) is 0. The monoisotopic (exact) mass is 391 g/mol. The van der Waals surface area contributed by atoms with Gasteiger partial charge in [0.25, 0.3) is 0 Å². The summed E-state index contributed by atoms with van der Waals surface area (Å²) in [6, 6.07) is 10.3. The maximum Gasteiger partial charge on any atom is 0.407 e. The molecule has 0 spiro atoms. The minimum Gasteiger partial charge on any atom is -0.445 e. The standard InChI is InChI=1S/C20H29N3O5/c1-20(2,3)28-19(26)23-16(17(24)13-21)11-7-8-12-22-18(25)27-14-15-9-5-4-6-10-15/h4-6,9-10,16-17,24H,7-8,11-12,14H2,1-3H3,(H,22,25)(H,23,26)/t16-,17?/m0/s1. The first kappa shape index (κ1) is 23.2. The Morgan fingerprint density at radius 3 is 2.46 bits per heavy atom. The summed E-state index contributed by atoms with van der Waals surface area (Å²) in [4.78, 5) is 23.5. The molecular formula is C20H29N3O5. The van der Waals surface area contributed by atoms with Gasteiger partial charge in [0.15, 0.2) is 6.10 Å². The first-order chi connectivity index (χ1) is 13.2. The normalized spacial score (nSPS) is 13.0. The number of amides is 2. The van der Waals surface area contributed by atoms with Gasteiger partial charge in [0.1, 0.15) is 12.2 Å². The number of aliphatic hydroxyl groups is 1. The molecule has 0 radical (unpaired) electrons. The van der Waals surface area contributed by atoms with Crippen LogP contribution >= 0.6 is 0 Å². The Hall–Kier alpha value is -2.79. The van der Waals surface area contributed by atoms with Gasteiger partial charge in [-0.15, -0.1) is 0 Å². The highest BCUT2D eigenvalue weighted by molar-refractivity contribution is 5.68. The number of nitrogens with one attached hydrogen (secondary N) is 2. The molecule has 0 aliphatic carbocycles. The lowest BCUT2D eigenvalue weighted by atomic mass is 10.0. The molecule has 1 unspecified atom stereocenters. The number of hydrogen-bond acceptors (Lipinski definition) is 6. The van der Waals surface area contributed by atoms with E-state index in [-0.39, 0.29) is 6.61 Å². The average Bonchev–Trinajstić information content (AvgIpc) is 2.63. The van der Waals surface area contributed by atoms with Crippen molar-refractivity contribution in [3.63, 3.8) is 0 Å². The van der Waals surface area contributed by atoms with Crippen molar-refractivity contribution in [3.8, 4) is 6.07 Å². The van der Waals surface area contributed by atoms with Gasteiger partial charge in [-0.05, 0) is 45.6 Å². The molecule has 0 fully saturated rings. The Bertz CT molecular complexity index is 652. The molecule has 8 heteroatoms. The lowest BCUT2D eigenvalue weighted by molar-refractivity contribution is 0.0452. The minimum atomic E-state index is -1.34. The van der Waals surface area contributed by atoms with Crippen LogP contribution < -0.4 is 10.6 Å². The highest BCUT2D eigenvalue weighted by Crippen LogP contribution is 2.10. The molecule has 28 heavy (non-hydrogen) atoms. The molecule has 0 aliphatic heterocycles. The number of ether oxygens (including phenoxy) is 2. The predicted molar refractivity (Wildman–Crippen MR) is 103 cm³/mol. The second kappa shape index (κ2) is 11.8. The Balaban J connectivity index is 2.27. The molecule has 2 amide bonds. The Kier molecular flexibility index (Phi) is 9.82. The molecule has 2 atom stereocenters. The third-order valence-electron chi connectivity index (χ3n) is 3.64. The van der Waals surface area contributed by atoms with Crippen LogP contribution in [0.15, 0.2) is 30.3 Å². The van der Waals surface area contributed by atoms with Crippen molar-refractivity contribution < 1.29 is 24.2 Å². The fraction of sp³-hybridized carbons (Fsp3) is 0.550. The Morgan fingerprint density at radius 2 is 1.86 bits per heavy atom. The average molecular weight is 391 g/mol. The molecule has 0 aliphatic rings. The van der Waals surface area contributed by atoms with E-state index < -0.39 is 29.9 Å². The number of nitrogens with zero attached hydrogens (tertiary/aromatic N) is 1. The number of unbranched alkanes of at least 4 members (excludes halogenated alkanes) is 1. The van der Waals surface area contributed by atoms with Gasteiger partial charge < -0.3 is 25.2 Å². The van der Waals surface area contributed by atoms with Crippen LogP contribution in [0, 0.1) is 11.3 Å². The fourth-order valence-electron chi connectivity index (χ4n) is 2.31. The number of carbonyl (C=O) groups is 2. The molecule has 1 aromatic rings. The molecule has 8 nitrogen and oxygen atoms in total. The third-order valence-corrected chi connectivity index (χ3v) is 3.64. The van der Waals surface area contributed by atoms with E-state index in [1.807, 2.05) is 30.3 Å². The summed E-state index contributed by atoms with van der Waals surface area (Å²) in [5.41, 5.74) is 0.232. The summed E-state index contributed by atoms with van der Waals surface area (Å²) in [5, 5.41) is 23.8. The number of benzene rings is 1. The molecule has 3 N–H and O–H groups in total. The van der Waals surface area contributed by atoms with E-state index >= 15 is 0 Å². The Morgan fingerprint density at radius 1 is 1.18 bits per heavy atom. The number of rotatable bonds is 9. The highest BCUT2D eigenvalue weighted by Gasteiger charge is 2.24. The van der Waals surface area contributed by atoms with E-state index in [0.717, 1.165) is 5.56 Å². The quantitative estimate of drug-likeness (QED) is 0.440. The zero-order chi connectivity index (χ0) is 21.0. The summed E-state index contributed by atoms with van der Waals surface area (Å²) in [5.74, 6) is 0. The third kappa shape index (κ3) is 10.4. The van der Waals surface area contributed by atoms with Gasteiger partial charge in [0.05, 0.1) is 12.1 Å². The van der Waals surface area contributed by atoms with Gasteiger partial charge in [-0.1, -0.05) is 30.3 Å². The molecule has 0 aromatic heterocycles. The van der Waals surface area contributed by atoms with Crippen LogP contribution in [0.1, 0.15) is 45.6 Å². The van der Waals surface area contributed by atoms with Crippen molar-refractivity contribution in [2.75, 3.05) is 6.54 Å². The molecule has 0 heterocycles. The van der Waals surface area contributed by atoms with Crippen molar-refractivity contribution in [3.05, 3.63) is 35.9 Å². The summed E-state index contributed by atoms with van der Waals surface area (Å²) < 4.78 is 10.2. The zero-order valence-electron chi connectivity index (χ0n) is 16.6. The maximum atomic E-state index is 11.8. The van der Waals surface area contributed by atoms with Crippen molar-refractivity contribution in [1.82, 2.24) is 10.6 Å². The molecule has 1 rings (SSSR count). The lowest BCUT2D eigenvalue weighted by Crippen LogP contribution is -2.45. The largest absolute Gasteiger partial charge is 0.445 e. The van der Waals surface area contributed by atoms with Crippen LogP contribution in [-0.4, -0.2) is 41.6 Å². The van der Waals surface area contributed by atoms with E-state index in [9.17, 15) is 14.7 Å². The number of hydrogen-bond donors (Lipinski definition) is 3. The lowest BCUT2D eigenvalue weighted by Gasteiger charge is -2.24. The second-order valence-corrected chi connectivity index (χ2v) is 7.31. The van der Waals surface area contributed by atoms with Crippen LogP contribution in [0.2, 0.25) is 0 Å². The van der Waals surface area contributed by atoms with Crippen molar-refractivity contribution in [1.29, 1.82) is 5.26 Å². The van der Waals surface area contributed by atoms with E-state index in [2.05, 4.69) is 10.6 Å². The second-order valence-electron chi connectivity index (χ2n) is 7.31. The van der Waals surface area contributed by atoms with Gasteiger partial charge in [0, 0.05) is 6.54 Å². The number of aliphatic hydroxyl groups excluding tert-OH is 1. The van der Waals surface area contributed by atoms with E-state index in [0.29, 0.717) is 25.8 Å². The number of carbonyl (C=O) groups excluding carboxylic acids is 2. The van der Waals surface area contributed by atoms with Gasteiger partial charge >= 0.3 is 12.2 Å². The van der Waals surface area contributed by atoms with Crippen molar-refractivity contribution in [2.24, 2.45) is 0 Å². The van der Waals surface area contributed by atoms with E-state index in [1.54, 1.807) is 26.8 Å². The zero-order valence-corrected chi connectivity index (χ0v) is 16.6. The molecule has 0 saturated heterocycles. The smallest absolute Gasteiger partial charge is 0.407 e. The van der Waals surface area contributed by atoms with Crippen molar-refractivity contribution in [2.45, 2.75) is 64.4 Å². The van der Waals surface area contributed by atoms with Gasteiger partial charge in [-0.3, -0.25) is 0 Å². The Labute approximate surface area is 165 Å². The number of nitriles is 1. The van der Waals surface area contributed by atoms with Crippen LogP contribution in [0.4, 0.5) is 9.59 Å². The first-order valence-corrected chi connectivity index (χ1v) is 9.23. The van der Waals surface area contributed by atoms with E-state index in [1.165, 1.54) is 0 Å². The van der Waals surface area contributed by atoms with Crippen LogP contribution in [0.25, 0.3) is 0 Å². The van der Waals surface area contributed by atoms with Crippen LogP contribution in [-0.2, 0) is 16.1 Å². The van der Waals surface area contributed by atoms with E-state index in [4.69, 9.17) is 14.7 Å². The first-order valence-electron chi connectivity index (χ1n) is 9.23. The minimum absolute atomic E-state index is 0.197. The number of alkyl carbamates (subject to hydrolysis) is 2.